The molecule has 1 N–H and O–H groups in total. The second-order valence-electron chi connectivity index (χ2n) is 14.1. The highest BCUT2D eigenvalue weighted by molar-refractivity contribution is 5.84. The van der Waals surface area contributed by atoms with Crippen molar-refractivity contribution in [3.63, 3.8) is 0 Å². The Bertz CT molecular complexity index is 1640. The van der Waals surface area contributed by atoms with E-state index in [0.29, 0.717) is 23.9 Å². The molecule has 2 spiro atoms. The molecule has 2 aliphatic carbocycles. The number of amides is 1. The van der Waals surface area contributed by atoms with Gasteiger partial charge in [-0.3, -0.25) is 14.4 Å². The molecule has 7 nitrogen and oxygen atoms in total. The normalized spacial score (nSPS) is 31.6. The first kappa shape index (κ1) is 27.3. The van der Waals surface area contributed by atoms with E-state index in [0.717, 1.165) is 87.0 Å². The molecule has 0 radical (unpaired) electrons. The van der Waals surface area contributed by atoms with Gasteiger partial charge in [0.1, 0.15) is 6.10 Å². The molecule has 3 heterocycles. The third-order valence-corrected chi connectivity index (χ3v) is 12.0. The molecular weight excluding hydrogens is 540 g/mol. The van der Waals surface area contributed by atoms with Crippen LogP contribution >= 0.6 is 0 Å². The van der Waals surface area contributed by atoms with Crippen LogP contribution in [0.2, 0.25) is 0 Å². The quantitative estimate of drug-likeness (QED) is 0.446. The standard InChI is InChI=1S/C36H40N2O5/c1-37-15-14-36(27(21-37)25-19-35(25)12-16-38(17-13-35)34(42)28-11-6-18-43-28)20-26(36)29-23(22-7-3-2-4-8-22)9-5-10-24(29)30-31(39)33(41)32(30)40/h2-5,7-10,25-28,39H,6,11-21H2,1H3/t25-,26?,27?,28+,36?/m0/s1. The topological polar surface area (TPSA) is 87.2 Å². The molecule has 5 aliphatic rings. The summed E-state index contributed by atoms with van der Waals surface area (Å²) >= 11 is 0. The summed E-state index contributed by atoms with van der Waals surface area (Å²) in [6, 6.07) is 16.3. The van der Waals surface area contributed by atoms with Crippen molar-refractivity contribution in [3.05, 3.63) is 74.5 Å². The van der Waals surface area contributed by atoms with Crippen molar-refractivity contribution in [1.82, 2.24) is 9.80 Å². The van der Waals surface area contributed by atoms with Crippen LogP contribution in [0.15, 0.2) is 58.1 Å². The van der Waals surface area contributed by atoms with Crippen LogP contribution in [0.4, 0.5) is 0 Å². The van der Waals surface area contributed by atoms with E-state index in [1.807, 2.05) is 30.3 Å². The number of ether oxygens (including phenoxy) is 1. The Labute approximate surface area is 252 Å². The Balaban J connectivity index is 1.11. The van der Waals surface area contributed by atoms with Gasteiger partial charge in [0.2, 0.25) is 5.43 Å². The van der Waals surface area contributed by atoms with Crippen LogP contribution in [0.3, 0.4) is 0 Å². The molecule has 3 saturated heterocycles. The maximum Gasteiger partial charge on any atom is 0.268 e. The SMILES string of the molecule is CN1CCC2(CC2c2c(-c3ccccc3)cccc2-c2c(O)c(=O)c2=O)C([C@@H]2CC23CCN(C(=O)[C@H]2CCCO2)CC3)C1. The van der Waals surface area contributed by atoms with E-state index in [-0.39, 0.29) is 28.9 Å². The van der Waals surface area contributed by atoms with Crippen molar-refractivity contribution in [2.45, 2.75) is 57.0 Å². The van der Waals surface area contributed by atoms with Crippen LogP contribution in [-0.4, -0.2) is 66.8 Å². The summed E-state index contributed by atoms with van der Waals surface area (Å²) in [6.45, 7) is 4.48. The minimum Gasteiger partial charge on any atom is -0.503 e. The number of nitrogens with zero attached hydrogens (tertiary/aromatic N) is 2. The van der Waals surface area contributed by atoms with Crippen molar-refractivity contribution >= 4 is 5.91 Å². The fraction of sp³-hybridized carbons (Fsp3) is 0.528. The number of piperidine rings is 2. The molecule has 224 valence electrons. The number of hydrogen-bond acceptors (Lipinski definition) is 6. The molecule has 3 aromatic carbocycles. The molecule has 2 saturated carbocycles. The van der Waals surface area contributed by atoms with Gasteiger partial charge in [-0.25, -0.2) is 0 Å². The molecule has 3 aliphatic heterocycles. The van der Waals surface area contributed by atoms with Gasteiger partial charge in [0, 0.05) is 26.2 Å². The van der Waals surface area contributed by atoms with Crippen LogP contribution < -0.4 is 10.9 Å². The van der Waals surface area contributed by atoms with E-state index in [2.05, 4.69) is 35.0 Å². The Morgan fingerprint density at radius 3 is 2.40 bits per heavy atom. The first-order valence-electron chi connectivity index (χ1n) is 16.1. The molecule has 43 heavy (non-hydrogen) atoms. The predicted molar refractivity (Wildman–Crippen MR) is 165 cm³/mol. The van der Waals surface area contributed by atoms with Crippen molar-refractivity contribution in [2.24, 2.45) is 22.7 Å². The molecule has 0 aromatic heterocycles. The lowest BCUT2D eigenvalue weighted by Crippen LogP contribution is -2.46. The van der Waals surface area contributed by atoms with E-state index < -0.39 is 16.6 Å². The maximum absolute atomic E-state index is 13.0. The largest absolute Gasteiger partial charge is 0.503 e. The molecule has 3 aromatic rings. The summed E-state index contributed by atoms with van der Waals surface area (Å²) in [6.07, 6.45) is 7.13. The predicted octanol–water partition coefficient (Wildman–Crippen LogP) is 4.56. The van der Waals surface area contributed by atoms with E-state index in [1.54, 1.807) is 0 Å². The number of carbonyl (C=O) groups is 1. The molecule has 5 atom stereocenters. The summed E-state index contributed by atoms with van der Waals surface area (Å²) in [7, 11) is 2.24. The summed E-state index contributed by atoms with van der Waals surface area (Å²) in [5.74, 6) is 1.23. The van der Waals surface area contributed by atoms with Gasteiger partial charge < -0.3 is 19.6 Å². The molecule has 8 rings (SSSR count). The third-order valence-electron chi connectivity index (χ3n) is 12.0. The van der Waals surface area contributed by atoms with Gasteiger partial charge in [-0.05, 0) is 109 Å². The van der Waals surface area contributed by atoms with Crippen LogP contribution in [0, 0.1) is 22.7 Å². The fourth-order valence-corrected chi connectivity index (χ4v) is 9.45. The zero-order chi connectivity index (χ0) is 29.5. The van der Waals surface area contributed by atoms with Gasteiger partial charge in [0.05, 0.1) is 5.56 Å². The van der Waals surface area contributed by atoms with E-state index in [9.17, 15) is 19.5 Å². The first-order valence-corrected chi connectivity index (χ1v) is 16.1. The van der Waals surface area contributed by atoms with E-state index in [4.69, 9.17) is 4.74 Å². The van der Waals surface area contributed by atoms with Gasteiger partial charge in [0.25, 0.3) is 11.3 Å². The maximum atomic E-state index is 13.0. The Kier molecular flexibility index (Phi) is 6.26. The van der Waals surface area contributed by atoms with Crippen molar-refractivity contribution in [3.8, 4) is 28.0 Å². The highest BCUT2D eigenvalue weighted by Gasteiger charge is 2.69. The third kappa shape index (κ3) is 4.18. The number of carbonyl (C=O) groups excluding carboxylic acids is 1. The van der Waals surface area contributed by atoms with Crippen LogP contribution in [0.1, 0.15) is 56.4 Å². The van der Waals surface area contributed by atoms with E-state index in [1.165, 1.54) is 6.42 Å². The number of rotatable bonds is 5. The van der Waals surface area contributed by atoms with Crippen molar-refractivity contribution < 1.29 is 14.6 Å². The Morgan fingerprint density at radius 1 is 0.907 bits per heavy atom. The zero-order valence-corrected chi connectivity index (χ0v) is 24.9. The zero-order valence-electron chi connectivity index (χ0n) is 24.9. The van der Waals surface area contributed by atoms with Gasteiger partial charge in [-0.1, -0.05) is 48.5 Å². The average molecular weight is 581 g/mol. The van der Waals surface area contributed by atoms with Gasteiger partial charge in [-0.2, -0.15) is 0 Å². The number of benzene rings is 2. The Morgan fingerprint density at radius 2 is 1.67 bits per heavy atom. The lowest BCUT2D eigenvalue weighted by atomic mass is 9.72. The van der Waals surface area contributed by atoms with Gasteiger partial charge in [0.15, 0.2) is 5.75 Å². The van der Waals surface area contributed by atoms with Crippen LogP contribution in [0.5, 0.6) is 5.75 Å². The fourth-order valence-electron chi connectivity index (χ4n) is 9.45. The number of likely N-dealkylation sites (tertiary alicyclic amines) is 2. The monoisotopic (exact) mass is 580 g/mol. The average Bonchev–Trinajstić information content (AvgIpc) is 3.85. The molecule has 5 fully saturated rings. The highest BCUT2D eigenvalue weighted by Crippen LogP contribution is 2.76. The lowest BCUT2D eigenvalue weighted by Gasteiger charge is -2.42. The van der Waals surface area contributed by atoms with Crippen LogP contribution in [-0.2, 0) is 9.53 Å². The summed E-state index contributed by atoms with van der Waals surface area (Å²) in [4.78, 5) is 42.4. The minimum absolute atomic E-state index is 0.137. The summed E-state index contributed by atoms with van der Waals surface area (Å²) in [5, 5.41) is 10.5. The first-order chi connectivity index (χ1) is 20.8. The molecule has 1 amide bonds. The Hall–Kier alpha value is -3.29. The van der Waals surface area contributed by atoms with Gasteiger partial charge in [-0.15, -0.1) is 0 Å². The molecule has 7 heteroatoms. The van der Waals surface area contributed by atoms with Crippen LogP contribution in [0.25, 0.3) is 22.3 Å². The highest BCUT2D eigenvalue weighted by atomic mass is 16.5. The second kappa shape index (κ2) is 9.86. The van der Waals surface area contributed by atoms with Gasteiger partial charge >= 0.3 is 0 Å². The second-order valence-corrected chi connectivity index (χ2v) is 14.1. The number of aromatic hydroxyl groups is 1. The summed E-state index contributed by atoms with van der Waals surface area (Å²) < 4.78 is 5.70. The smallest absolute Gasteiger partial charge is 0.268 e. The van der Waals surface area contributed by atoms with Crippen molar-refractivity contribution in [1.29, 1.82) is 0 Å². The molecule has 0 bridgehead atoms. The summed E-state index contributed by atoms with van der Waals surface area (Å²) in [5.41, 5.74) is 3.32. The molecular formula is C36H40N2O5. The van der Waals surface area contributed by atoms with Crippen molar-refractivity contribution in [2.75, 3.05) is 39.8 Å². The number of hydrogen-bond donors (Lipinski definition) is 1. The molecule has 3 unspecified atom stereocenters. The van der Waals surface area contributed by atoms with E-state index >= 15 is 0 Å². The lowest BCUT2D eigenvalue weighted by molar-refractivity contribution is -0.142. The minimum atomic E-state index is -0.780.